The lowest BCUT2D eigenvalue weighted by molar-refractivity contribution is 0.0471. The van der Waals surface area contributed by atoms with E-state index >= 15 is 0 Å². The molecule has 0 aromatic heterocycles. The molecule has 0 saturated carbocycles. The van der Waals surface area contributed by atoms with Crippen LogP contribution in [-0.2, 0) is 11.3 Å². The van der Waals surface area contributed by atoms with Gasteiger partial charge in [-0.3, -0.25) is 0 Å². The van der Waals surface area contributed by atoms with E-state index in [0.29, 0.717) is 35.3 Å². The maximum absolute atomic E-state index is 13.1. The van der Waals surface area contributed by atoms with Crippen molar-refractivity contribution in [1.29, 1.82) is 0 Å². The second-order valence-electron chi connectivity index (χ2n) is 4.69. The lowest BCUT2D eigenvalue weighted by Crippen LogP contribution is -2.16. The van der Waals surface area contributed by atoms with Crippen LogP contribution in [-0.4, -0.2) is 19.2 Å². The standard InChI is InChI=1S/C16H12ClFO4/c17-13-6-10(7-14-15(13)21-5-4-20-14)9-22-16(19)11-2-1-3-12(18)8-11/h1-3,6-8H,4-5,9H2. The molecule has 6 heteroatoms. The fraction of sp³-hybridized carbons (Fsp3) is 0.188. The summed E-state index contributed by atoms with van der Waals surface area (Å²) in [7, 11) is 0. The number of hydrogen-bond donors (Lipinski definition) is 0. The van der Waals surface area contributed by atoms with E-state index in [1.807, 2.05) is 0 Å². The van der Waals surface area contributed by atoms with Crippen LogP contribution in [0, 0.1) is 5.82 Å². The number of halogens is 2. The van der Waals surface area contributed by atoms with Crippen molar-refractivity contribution in [2.24, 2.45) is 0 Å². The van der Waals surface area contributed by atoms with Gasteiger partial charge in [0.1, 0.15) is 25.6 Å². The third-order valence-corrected chi connectivity index (χ3v) is 3.37. The van der Waals surface area contributed by atoms with Gasteiger partial charge in [-0.2, -0.15) is 0 Å². The zero-order valence-electron chi connectivity index (χ0n) is 11.5. The summed E-state index contributed by atoms with van der Waals surface area (Å²) in [6, 6.07) is 8.68. The van der Waals surface area contributed by atoms with Gasteiger partial charge in [-0.05, 0) is 35.9 Å². The molecule has 0 atom stereocenters. The smallest absolute Gasteiger partial charge is 0.338 e. The highest BCUT2D eigenvalue weighted by atomic mass is 35.5. The highest BCUT2D eigenvalue weighted by Gasteiger charge is 2.17. The zero-order valence-corrected chi connectivity index (χ0v) is 12.2. The molecule has 0 amide bonds. The first-order valence-corrected chi connectivity index (χ1v) is 7.02. The summed E-state index contributed by atoms with van der Waals surface area (Å²) >= 11 is 6.11. The lowest BCUT2D eigenvalue weighted by Gasteiger charge is -2.20. The number of hydrogen-bond acceptors (Lipinski definition) is 4. The van der Waals surface area contributed by atoms with Gasteiger partial charge in [0, 0.05) is 0 Å². The summed E-state index contributed by atoms with van der Waals surface area (Å²) < 4.78 is 29.1. The van der Waals surface area contributed by atoms with Crippen LogP contribution in [0.25, 0.3) is 0 Å². The van der Waals surface area contributed by atoms with E-state index in [-0.39, 0.29) is 12.2 Å². The molecule has 0 saturated heterocycles. The molecule has 22 heavy (non-hydrogen) atoms. The van der Waals surface area contributed by atoms with Gasteiger partial charge in [0.15, 0.2) is 11.5 Å². The summed E-state index contributed by atoms with van der Waals surface area (Å²) in [6.07, 6.45) is 0. The van der Waals surface area contributed by atoms with Crippen molar-refractivity contribution in [1.82, 2.24) is 0 Å². The SMILES string of the molecule is O=C(OCc1cc(Cl)c2c(c1)OCCO2)c1cccc(F)c1. The molecule has 0 spiro atoms. The quantitative estimate of drug-likeness (QED) is 0.810. The number of fused-ring (bicyclic) bond motifs is 1. The van der Waals surface area contributed by atoms with E-state index in [1.54, 1.807) is 12.1 Å². The van der Waals surface area contributed by atoms with Crippen LogP contribution in [0.2, 0.25) is 5.02 Å². The van der Waals surface area contributed by atoms with E-state index in [1.165, 1.54) is 18.2 Å². The minimum absolute atomic E-state index is 0.00566. The first-order chi connectivity index (χ1) is 10.6. The zero-order chi connectivity index (χ0) is 15.5. The third-order valence-electron chi connectivity index (χ3n) is 3.09. The molecule has 1 aliphatic heterocycles. The van der Waals surface area contributed by atoms with E-state index in [4.69, 9.17) is 25.8 Å². The molecular formula is C16H12ClFO4. The van der Waals surface area contributed by atoms with Crippen LogP contribution < -0.4 is 9.47 Å². The van der Waals surface area contributed by atoms with Crippen molar-refractivity contribution in [3.63, 3.8) is 0 Å². The first kappa shape index (κ1) is 14.7. The first-order valence-electron chi connectivity index (χ1n) is 6.64. The molecule has 0 aliphatic carbocycles. The molecule has 1 aliphatic rings. The van der Waals surface area contributed by atoms with Crippen molar-refractivity contribution in [2.75, 3.05) is 13.2 Å². The number of ether oxygens (including phenoxy) is 3. The average Bonchev–Trinajstić information content (AvgIpc) is 2.53. The van der Waals surface area contributed by atoms with Gasteiger partial charge in [-0.1, -0.05) is 17.7 Å². The molecule has 114 valence electrons. The summed E-state index contributed by atoms with van der Waals surface area (Å²) in [5.74, 6) is -0.0778. The monoisotopic (exact) mass is 322 g/mol. The summed E-state index contributed by atoms with van der Waals surface area (Å²) in [6.45, 7) is 0.891. The Morgan fingerprint density at radius 1 is 1.23 bits per heavy atom. The largest absolute Gasteiger partial charge is 0.486 e. The predicted octanol–water partition coefficient (Wildman–Crippen LogP) is 3.61. The second kappa shape index (κ2) is 6.23. The number of carbonyl (C=O) groups is 1. The predicted molar refractivity (Wildman–Crippen MR) is 78.0 cm³/mol. The van der Waals surface area contributed by atoms with Crippen LogP contribution in [0.5, 0.6) is 11.5 Å². The van der Waals surface area contributed by atoms with Gasteiger partial charge in [-0.25, -0.2) is 9.18 Å². The Kier molecular flexibility index (Phi) is 4.15. The van der Waals surface area contributed by atoms with Crippen LogP contribution in [0.1, 0.15) is 15.9 Å². The number of carbonyl (C=O) groups excluding carboxylic acids is 1. The van der Waals surface area contributed by atoms with Crippen LogP contribution in [0.15, 0.2) is 36.4 Å². The minimum atomic E-state index is -0.606. The van der Waals surface area contributed by atoms with E-state index in [0.717, 1.165) is 6.07 Å². The molecule has 0 N–H and O–H groups in total. The van der Waals surface area contributed by atoms with Gasteiger partial charge in [0.25, 0.3) is 0 Å². The molecule has 0 fully saturated rings. The average molecular weight is 323 g/mol. The Balaban J connectivity index is 1.71. The summed E-state index contributed by atoms with van der Waals surface area (Å²) in [4.78, 5) is 11.9. The topological polar surface area (TPSA) is 44.8 Å². The van der Waals surface area contributed by atoms with Crippen molar-refractivity contribution < 1.29 is 23.4 Å². The third kappa shape index (κ3) is 3.14. The lowest BCUT2D eigenvalue weighted by atomic mass is 10.2. The maximum Gasteiger partial charge on any atom is 0.338 e. The van der Waals surface area contributed by atoms with Gasteiger partial charge >= 0.3 is 5.97 Å². The highest BCUT2D eigenvalue weighted by Crippen LogP contribution is 2.38. The van der Waals surface area contributed by atoms with E-state index in [2.05, 4.69) is 0 Å². The van der Waals surface area contributed by atoms with Crippen LogP contribution >= 0.6 is 11.6 Å². The second-order valence-corrected chi connectivity index (χ2v) is 5.10. The molecular weight excluding hydrogens is 311 g/mol. The Morgan fingerprint density at radius 3 is 2.86 bits per heavy atom. The number of esters is 1. The highest BCUT2D eigenvalue weighted by molar-refractivity contribution is 6.32. The van der Waals surface area contributed by atoms with Crippen LogP contribution in [0.4, 0.5) is 4.39 Å². The molecule has 2 aromatic carbocycles. The van der Waals surface area contributed by atoms with Gasteiger partial charge in [0.2, 0.25) is 0 Å². The van der Waals surface area contributed by atoms with Crippen molar-refractivity contribution in [2.45, 2.75) is 6.61 Å². The van der Waals surface area contributed by atoms with Crippen molar-refractivity contribution in [3.8, 4) is 11.5 Å². The summed E-state index contributed by atoms with van der Waals surface area (Å²) in [5.41, 5.74) is 0.822. The maximum atomic E-state index is 13.1. The molecule has 3 rings (SSSR count). The Labute approximate surface area is 131 Å². The molecule has 0 unspecified atom stereocenters. The Morgan fingerprint density at radius 2 is 2.05 bits per heavy atom. The molecule has 4 nitrogen and oxygen atoms in total. The molecule has 0 radical (unpaired) electrons. The van der Waals surface area contributed by atoms with Crippen molar-refractivity contribution in [3.05, 3.63) is 58.4 Å². The Bertz CT molecular complexity index is 717. The van der Waals surface area contributed by atoms with Crippen molar-refractivity contribution >= 4 is 17.6 Å². The fourth-order valence-electron chi connectivity index (χ4n) is 2.10. The van der Waals surface area contributed by atoms with E-state index < -0.39 is 11.8 Å². The molecule has 2 aromatic rings. The van der Waals surface area contributed by atoms with Crippen LogP contribution in [0.3, 0.4) is 0 Å². The van der Waals surface area contributed by atoms with Gasteiger partial charge in [0.05, 0.1) is 10.6 Å². The van der Waals surface area contributed by atoms with Gasteiger partial charge in [-0.15, -0.1) is 0 Å². The Hall–Kier alpha value is -2.27. The van der Waals surface area contributed by atoms with E-state index in [9.17, 15) is 9.18 Å². The minimum Gasteiger partial charge on any atom is -0.486 e. The normalized spacial score (nSPS) is 12.8. The molecule has 1 heterocycles. The van der Waals surface area contributed by atoms with Gasteiger partial charge < -0.3 is 14.2 Å². The number of benzene rings is 2. The fourth-order valence-corrected chi connectivity index (χ4v) is 2.38. The number of rotatable bonds is 3. The summed E-state index contributed by atoms with van der Waals surface area (Å²) in [5, 5.41) is 0.397. The molecule has 0 bridgehead atoms.